The first-order valence-electron chi connectivity index (χ1n) is 3.48. The van der Waals surface area contributed by atoms with Gasteiger partial charge in [0, 0.05) is 32.7 Å². The third kappa shape index (κ3) is 1.95. The van der Waals surface area contributed by atoms with Gasteiger partial charge in [0.2, 0.25) is 5.91 Å². The number of nitrogens with zero attached hydrogens (tertiary/aromatic N) is 1. The molecule has 0 saturated heterocycles. The quantitative estimate of drug-likeness (QED) is 0.579. The first-order chi connectivity index (χ1) is 5.68. The Balaban J connectivity index is 0.000000845. The van der Waals surface area contributed by atoms with Gasteiger partial charge in [-0.3, -0.25) is 9.78 Å². The van der Waals surface area contributed by atoms with E-state index in [1.807, 2.05) is 0 Å². The molecule has 0 bridgehead atoms. The van der Waals surface area contributed by atoms with E-state index in [1.165, 1.54) is 0 Å². The second-order valence-corrected chi connectivity index (χ2v) is 3.41. The predicted octanol–water partition coefficient (Wildman–Crippen LogP) is 1.27. The van der Waals surface area contributed by atoms with Gasteiger partial charge in [-0.05, 0) is 34.1 Å². The molecule has 1 aromatic rings. The van der Waals surface area contributed by atoms with Gasteiger partial charge in [-0.1, -0.05) is 5.69 Å². The molecule has 5 heteroatoms. The molecular formula is C8H6BrN2OY-. The van der Waals surface area contributed by atoms with Crippen molar-refractivity contribution in [2.24, 2.45) is 0 Å². The Bertz CT molecular complexity index is 367. The molecule has 65 valence electrons. The third-order valence-corrected chi connectivity index (χ3v) is 2.26. The van der Waals surface area contributed by atoms with E-state index in [1.54, 1.807) is 6.07 Å². The van der Waals surface area contributed by atoms with Gasteiger partial charge >= 0.3 is 0 Å². The molecule has 13 heavy (non-hydrogen) atoms. The Morgan fingerprint density at radius 2 is 2.31 bits per heavy atom. The van der Waals surface area contributed by atoms with Crippen molar-refractivity contribution < 1.29 is 37.5 Å². The average Bonchev–Trinajstić information content (AvgIpc) is 2.33. The van der Waals surface area contributed by atoms with Crippen molar-refractivity contribution >= 4 is 21.8 Å². The fourth-order valence-corrected chi connectivity index (χ4v) is 1.70. The van der Waals surface area contributed by atoms with Crippen LogP contribution in [-0.2, 0) is 39.3 Å². The summed E-state index contributed by atoms with van der Waals surface area (Å²) in [4.78, 5) is 15.3. The van der Waals surface area contributed by atoms with Crippen LogP contribution < -0.4 is 5.32 Å². The van der Waals surface area contributed by atoms with Crippen LogP contribution in [0.5, 0.6) is 0 Å². The molecule has 0 spiro atoms. The molecule has 0 atom stereocenters. The van der Waals surface area contributed by atoms with Gasteiger partial charge in [-0.15, -0.1) is 5.56 Å². The molecular weight excluding hydrogens is 309 g/mol. The van der Waals surface area contributed by atoms with Crippen molar-refractivity contribution in [3.8, 4) is 0 Å². The molecule has 0 unspecified atom stereocenters. The standard InChI is InChI=1S/C8H6BrN2O.Y/c1-4-6-3-10-8(12)5(6)2-7(9)11-4;/h2H,1,3H2,(H,10,12);/q-1;. The zero-order valence-electron chi connectivity index (χ0n) is 6.80. The fourth-order valence-electron chi connectivity index (χ4n) is 1.25. The van der Waals surface area contributed by atoms with Crippen molar-refractivity contribution in [1.82, 2.24) is 10.3 Å². The second kappa shape index (κ2) is 4.07. The fraction of sp³-hybridized carbons (Fsp3) is 0.125. The van der Waals surface area contributed by atoms with Crippen LogP contribution in [-0.4, -0.2) is 10.9 Å². The summed E-state index contributed by atoms with van der Waals surface area (Å²) in [6.07, 6.45) is 0. The molecule has 1 aromatic heterocycles. The van der Waals surface area contributed by atoms with E-state index in [0.717, 1.165) is 5.56 Å². The van der Waals surface area contributed by atoms with Crippen LogP contribution in [0.2, 0.25) is 0 Å². The van der Waals surface area contributed by atoms with Gasteiger partial charge in [0.15, 0.2) is 0 Å². The number of amides is 1. The van der Waals surface area contributed by atoms with E-state index in [4.69, 9.17) is 0 Å². The zero-order chi connectivity index (χ0) is 8.72. The number of fused-ring (bicyclic) bond motifs is 1. The van der Waals surface area contributed by atoms with Crippen LogP contribution in [0.4, 0.5) is 0 Å². The second-order valence-electron chi connectivity index (χ2n) is 2.60. The minimum atomic E-state index is -0.0435. The minimum absolute atomic E-state index is 0. The number of carbonyl (C=O) groups excluding carboxylic acids is 1. The summed E-state index contributed by atoms with van der Waals surface area (Å²) in [6, 6.07) is 1.71. The number of rotatable bonds is 0. The molecule has 1 aliphatic heterocycles. The summed E-state index contributed by atoms with van der Waals surface area (Å²) < 4.78 is 0.656. The summed E-state index contributed by atoms with van der Waals surface area (Å²) in [5.41, 5.74) is 2.25. The molecule has 1 amide bonds. The van der Waals surface area contributed by atoms with Crippen LogP contribution >= 0.6 is 15.9 Å². The van der Waals surface area contributed by atoms with Gasteiger partial charge in [-0.2, -0.15) is 0 Å². The Morgan fingerprint density at radius 3 is 3.00 bits per heavy atom. The first kappa shape index (κ1) is 11.2. The van der Waals surface area contributed by atoms with Crippen molar-refractivity contribution in [3.63, 3.8) is 0 Å². The molecule has 2 rings (SSSR count). The van der Waals surface area contributed by atoms with E-state index in [-0.39, 0.29) is 38.6 Å². The number of pyridine rings is 1. The van der Waals surface area contributed by atoms with Crippen molar-refractivity contribution in [3.05, 3.63) is 34.4 Å². The Hall–Kier alpha value is 0.0739. The van der Waals surface area contributed by atoms with Gasteiger partial charge in [-0.25, -0.2) is 6.92 Å². The molecule has 1 aliphatic rings. The van der Waals surface area contributed by atoms with Gasteiger partial charge in [0.25, 0.3) is 0 Å². The van der Waals surface area contributed by atoms with E-state index < -0.39 is 0 Å². The van der Waals surface area contributed by atoms with E-state index >= 15 is 0 Å². The van der Waals surface area contributed by atoms with Crippen LogP contribution in [0.3, 0.4) is 0 Å². The maximum absolute atomic E-state index is 11.2. The summed E-state index contributed by atoms with van der Waals surface area (Å²) in [5.74, 6) is -0.0435. The largest absolute Gasteiger partial charge is 0.366 e. The topological polar surface area (TPSA) is 42.0 Å². The average molecular weight is 315 g/mol. The molecule has 3 nitrogen and oxygen atoms in total. The zero-order valence-corrected chi connectivity index (χ0v) is 11.2. The molecule has 0 aromatic carbocycles. The Kier molecular flexibility index (Phi) is 3.49. The third-order valence-electron chi connectivity index (χ3n) is 1.85. The molecule has 0 saturated carbocycles. The SMILES string of the molecule is [CH2-]c1nc(Br)cc2c1CNC2=O.[Y]. The van der Waals surface area contributed by atoms with E-state index in [9.17, 15) is 4.79 Å². The van der Waals surface area contributed by atoms with Crippen molar-refractivity contribution in [1.29, 1.82) is 0 Å². The summed E-state index contributed by atoms with van der Waals surface area (Å²) in [6.45, 7) is 4.30. The van der Waals surface area contributed by atoms with Crippen molar-refractivity contribution in [2.45, 2.75) is 6.54 Å². The first-order valence-corrected chi connectivity index (χ1v) is 4.27. The maximum Gasteiger partial charge on any atom is 0.232 e. The van der Waals surface area contributed by atoms with Gasteiger partial charge in [0.05, 0.1) is 0 Å². The summed E-state index contributed by atoms with van der Waals surface area (Å²) in [5, 5.41) is 2.71. The number of halogens is 1. The van der Waals surface area contributed by atoms with Crippen molar-refractivity contribution in [2.75, 3.05) is 0 Å². The summed E-state index contributed by atoms with van der Waals surface area (Å²) >= 11 is 3.21. The van der Waals surface area contributed by atoms with E-state index in [2.05, 4.69) is 33.2 Å². The summed E-state index contributed by atoms with van der Waals surface area (Å²) in [7, 11) is 0. The predicted molar refractivity (Wildman–Crippen MR) is 47.6 cm³/mol. The van der Waals surface area contributed by atoms with Gasteiger partial charge in [0.1, 0.15) is 4.60 Å². The van der Waals surface area contributed by atoms with Crippen LogP contribution in [0.1, 0.15) is 21.6 Å². The van der Waals surface area contributed by atoms with E-state index in [0.29, 0.717) is 22.4 Å². The maximum atomic E-state index is 11.2. The molecule has 0 aliphatic carbocycles. The molecule has 1 N–H and O–H groups in total. The normalized spacial score (nSPS) is 13.2. The van der Waals surface area contributed by atoms with Gasteiger partial charge < -0.3 is 5.32 Å². The van der Waals surface area contributed by atoms with Crippen LogP contribution in [0.15, 0.2) is 10.7 Å². The smallest absolute Gasteiger partial charge is 0.232 e. The molecule has 0 fully saturated rings. The number of carbonyl (C=O) groups is 1. The molecule has 1 radical (unpaired) electrons. The monoisotopic (exact) mass is 314 g/mol. The number of hydrogen-bond acceptors (Lipinski definition) is 2. The number of nitrogens with one attached hydrogen (secondary N) is 1. The Labute approximate surface area is 110 Å². The Morgan fingerprint density at radius 1 is 1.62 bits per heavy atom. The number of hydrogen-bond donors (Lipinski definition) is 1. The minimum Gasteiger partial charge on any atom is -0.366 e. The number of aromatic nitrogens is 1. The molecule has 2 heterocycles. The van der Waals surface area contributed by atoms with Crippen LogP contribution in [0.25, 0.3) is 0 Å². The van der Waals surface area contributed by atoms with Crippen LogP contribution in [0, 0.1) is 6.92 Å².